The average molecular weight is 390 g/mol. The van der Waals surface area contributed by atoms with Gasteiger partial charge < -0.3 is 4.42 Å². The van der Waals surface area contributed by atoms with Gasteiger partial charge in [0.15, 0.2) is 10.4 Å². The maximum Gasteiger partial charge on any atom is 0.228 e. The van der Waals surface area contributed by atoms with Crippen LogP contribution in [-0.2, 0) is 0 Å². The second kappa shape index (κ2) is 6.06. The third-order valence-electron chi connectivity index (χ3n) is 4.32. The Balaban J connectivity index is 1.53. The van der Waals surface area contributed by atoms with E-state index in [0.717, 1.165) is 47.3 Å². The molecular formula is C21H11NOS3. The summed E-state index contributed by atoms with van der Waals surface area (Å²) in [6.07, 6.45) is 2.05. The lowest BCUT2D eigenvalue weighted by Crippen LogP contribution is -1.97. The van der Waals surface area contributed by atoms with Crippen LogP contribution in [0.2, 0.25) is 0 Å². The van der Waals surface area contributed by atoms with E-state index in [-0.39, 0.29) is 0 Å². The molecule has 4 aromatic rings. The van der Waals surface area contributed by atoms with Crippen LogP contribution in [0.5, 0.6) is 0 Å². The van der Waals surface area contributed by atoms with Crippen LogP contribution in [0.4, 0.5) is 0 Å². The topological polar surface area (TPSA) is 26.0 Å². The summed E-state index contributed by atoms with van der Waals surface area (Å²) >= 11 is 12.8. The largest absolute Gasteiger partial charge is 0.435 e. The van der Waals surface area contributed by atoms with E-state index in [2.05, 4.69) is 11.1 Å². The summed E-state index contributed by atoms with van der Waals surface area (Å²) in [6.45, 7) is 0. The highest BCUT2D eigenvalue weighted by molar-refractivity contribution is 7.84. The maximum absolute atomic E-state index is 5.92. The lowest BCUT2D eigenvalue weighted by Gasteiger charge is -1.96. The Morgan fingerprint density at radius 1 is 0.885 bits per heavy atom. The quantitative estimate of drug-likeness (QED) is 0.306. The molecule has 2 aromatic heterocycles. The molecule has 0 atom stereocenters. The second-order valence-corrected chi connectivity index (χ2v) is 7.84. The van der Waals surface area contributed by atoms with E-state index in [1.807, 2.05) is 60.7 Å². The Hall–Kier alpha value is -2.47. The number of thiophene rings is 1. The van der Waals surface area contributed by atoms with Crippen molar-refractivity contribution >= 4 is 62.0 Å². The van der Waals surface area contributed by atoms with Gasteiger partial charge in [-0.1, -0.05) is 66.9 Å². The number of allylic oxidation sites excluding steroid dienone is 1. The molecule has 0 unspecified atom stereocenters. The Morgan fingerprint density at radius 2 is 1.54 bits per heavy atom. The summed E-state index contributed by atoms with van der Waals surface area (Å²) in [5.41, 5.74) is 4.79. The molecule has 2 heterocycles. The van der Waals surface area contributed by atoms with Crippen molar-refractivity contribution in [1.82, 2.24) is 4.98 Å². The van der Waals surface area contributed by atoms with Gasteiger partial charge in [-0.25, -0.2) is 0 Å². The SMILES string of the molecule is S=C1C(=Cc2cc3oc(-c4ccccc4)nc3s2)C(=S)c2ccccc21. The van der Waals surface area contributed by atoms with Crippen molar-refractivity contribution in [3.63, 3.8) is 0 Å². The van der Waals surface area contributed by atoms with Crippen molar-refractivity contribution in [2.75, 3.05) is 0 Å². The van der Waals surface area contributed by atoms with Crippen molar-refractivity contribution in [2.45, 2.75) is 0 Å². The fourth-order valence-electron chi connectivity index (χ4n) is 3.07. The van der Waals surface area contributed by atoms with Crippen molar-refractivity contribution in [3.8, 4) is 11.5 Å². The molecule has 0 bridgehead atoms. The average Bonchev–Trinajstić information content (AvgIpc) is 3.30. The van der Waals surface area contributed by atoms with Crippen LogP contribution < -0.4 is 0 Å². The molecule has 0 amide bonds. The monoisotopic (exact) mass is 389 g/mol. The maximum atomic E-state index is 5.92. The number of aromatic nitrogens is 1. The molecule has 5 heteroatoms. The molecular weight excluding hydrogens is 378 g/mol. The van der Waals surface area contributed by atoms with E-state index in [4.69, 9.17) is 28.9 Å². The zero-order valence-corrected chi connectivity index (χ0v) is 15.9. The van der Waals surface area contributed by atoms with Crippen LogP contribution in [0, 0.1) is 0 Å². The second-order valence-electron chi connectivity index (χ2n) is 5.97. The molecule has 0 N–H and O–H groups in total. The minimum absolute atomic E-state index is 0.644. The summed E-state index contributed by atoms with van der Waals surface area (Å²) in [6, 6.07) is 19.9. The highest BCUT2D eigenvalue weighted by Gasteiger charge is 2.26. The number of rotatable bonds is 2. The first-order chi connectivity index (χ1) is 12.7. The Bertz CT molecular complexity index is 1150. The minimum atomic E-state index is 0.644. The molecule has 1 aliphatic rings. The number of hydrogen-bond donors (Lipinski definition) is 0. The molecule has 2 nitrogen and oxygen atoms in total. The van der Waals surface area contributed by atoms with Crippen molar-refractivity contribution in [1.29, 1.82) is 0 Å². The van der Waals surface area contributed by atoms with Gasteiger partial charge in [0.05, 0.1) is 9.73 Å². The van der Waals surface area contributed by atoms with E-state index in [9.17, 15) is 0 Å². The zero-order chi connectivity index (χ0) is 17.7. The lowest BCUT2D eigenvalue weighted by atomic mass is 10.1. The van der Waals surface area contributed by atoms with Crippen molar-refractivity contribution < 1.29 is 4.42 Å². The Labute approximate surface area is 164 Å². The summed E-state index contributed by atoms with van der Waals surface area (Å²) in [4.78, 5) is 8.16. The van der Waals surface area contributed by atoms with E-state index >= 15 is 0 Å². The van der Waals surface area contributed by atoms with Gasteiger partial charge in [-0.15, -0.1) is 11.3 Å². The van der Waals surface area contributed by atoms with Gasteiger partial charge in [0.1, 0.15) is 0 Å². The molecule has 124 valence electrons. The zero-order valence-electron chi connectivity index (χ0n) is 13.4. The van der Waals surface area contributed by atoms with Gasteiger partial charge in [0, 0.05) is 33.2 Å². The number of hydrogen-bond acceptors (Lipinski definition) is 5. The van der Waals surface area contributed by atoms with Crippen molar-refractivity contribution in [3.05, 3.63) is 82.2 Å². The summed E-state index contributed by atoms with van der Waals surface area (Å²) in [7, 11) is 0. The van der Waals surface area contributed by atoms with Crippen LogP contribution in [0.25, 0.3) is 27.9 Å². The van der Waals surface area contributed by atoms with E-state index in [1.54, 1.807) is 11.3 Å². The number of nitrogens with zero attached hydrogens (tertiary/aromatic N) is 1. The van der Waals surface area contributed by atoms with Gasteiger partial charge in [0.2, 0.25) is 5.89 Å². The highest BCUT2D eigenvalue weighted by Crippen LogP contribution is 2.34. The van der Waals surface area contributed by atoms with Crippen LogP contribution >= 0.6 is 35.8 Å². The molecule has 0 spiro atoms. The Morgan fingerprint density at radius 3 is 2.19 bits per heavy atom. The molecule has 0 saturated heterocycles. The van der Waals surface area contributed by atoms with Gasteiger partial charge >= 0.3 is 0 Å². The fraction of sp³-hybridized carbons (Fsp3) is 0. The number of fused-ring (bicyclic) bond motifs is 2. The van der Waals surface area contributed by atoms with E-state index < -0.39 is 0 Å². The van der Waals surface area contributed by atoms with Crippen LogP contribution in [-0.4, -0.2) is 14.7 Å². The molecule has 1 aliphatic carbocycles. The highest BCUT2D eigenvalue weighted by atomic mass is 32.1. The molecule has 0 saturated carbocycles. The summed E-state index contributed by atoms with van der Waals surface area (Å²) in [5.74, 6) is 0.644. The molecule has 2 aromatic carbocycles. The fourth-order valence-corrected chi connectivity index (χ4v) is 4.71. The first-order valence-corrected chi connectivity index (χ1v) is 9.70. The predicted octanol–water partition coefficient (Wildman–Crippen LogP) is 6.09. The van der Waals surface area contributed by atoms with Gasteiger partial charge in [-0.3, -0.25) is 0 Å². The predicted molar refractivity (Wildman–Crippen MR) is 115 cm³/mol. The third-order valence-corrected chi connectivity index (χ3v) is 6.16. The van der Waals surface area contributed by atoms with Gasteiger partial charge in [0.25, 0.3) is 0 Å². The third kappa shape index (κ3) is 2.48. The Kier molecular flexibility index (Phi) is 3.67. The van der Waals surface area contributed by atoms with Crippen LogP contribution in [0.1, 0.15) is 16.0 Å². The summed E-state index contributed by atoms with van der Waals surface area (Å²) in [5, 5.41) is 0. The lowest BCUT2D eigenvalue weighted by molar-refractivity contribution is 0.620. The number of oxazole rings is 1. The van der Waals surface area contributed by atoms with Crippen LogP contribution in [0.15, 0.2) is 70.7 Å². The normalized spacial score (nSPS) is 13.5. The summed E-state index contributed by atoms with van der Waals surface area (Å²) < 4.78 is 5.92. The van der Waals surface area contributed by atoms with Crippen LogP contribution in [0.3, 0.4) is 0 Å². The smallest absolute Gasteiger partial charge is 0.228 e. The first-order valence-electron chi connectivity index (χ1n) is 8.06. The number of benzene rings is 2. The van der Waals surface area contributed by atoms with Gasteiger partial charge in [-0.2, -0.15) is 4.98 Å². The minimum Gasteiger partial charge on any atom is -0.435 e. The molecule has 26 heavy (non-hydrogen) atoms. The van der Waals surface area contributed by atoms with Crippen molar-refractivity contribution in [2.24, 2.45) is 0 Å². The first kappa shape index (κ1) is 15.8. The molecule has 0 fully saturated rings. The van der Waals surface area contributed by atoms with E-state index in [1.165, 1.54) is 0 Å². The molecule has 0 radical (unpaired) electrons. The van der Waals surface area contributed by atoms with E-state index in [0.29, 0.717) is 5.89 Å². The molecule has 0 aliphatic heterocycles. The molecule has 5 rings (SSSR count). The standard InChI is InChI=1S/C21H11NOS3/c24-18-14-8-4-5-9-15(14)19(25)16(18)10-13-11-17-21(26-13)22-20(23-17)12-6-2-1-3-7-12/h1-11H. The van der Waals surface area contributed by atoms with Gasteiger partial charge in [-0.05, 0) is 18.2 Å². The number of thiocarbonyl (C=S) groups is 2.